The molecule has 23 heteroatoms. The lowest BCUT2D eigenvalue weighted by Gasteiger charge is -2.63. The molecule has 0 spiro atoms. The van der Waals surface area contributed by atoms with Crippen LogP contribution >= 0.6 is 0 Å². The largest absolute Gasteiger partial charge is 0.462 e. The van der Waals surface area contributed by atoms with Gasteiger partial charge in [0.2, 0.25) is 0 Å². The minimum Gasteiger partial charge on any atom is -0.462 e. The Morgan fingerprint density at radius 1 is 0.703 bits per heavy atom. The summed E-state index contributed by atoms with van der Waals surface area (Å²) in [6.45, 7) is 8.22. The van der Waals surface area contributed by atoms with Crippen molar-refractivity contribution in [3.05, 3.63) is 11.6 Å². The zero-order valence-electron chi connectivity index (χ0n) is 43.2. The van der Waals surface area contributed by atoms with E-state index < -0.39 is 159 Å². The summed E-state index contributed by atoms with van der Waals surface area (Å²) in [7, 11) is 2.91. The van der Waals surface area contributed by atoms with Crippen molar-refractivity contribution in [1.82, 2.24) is 0 Å². The van der Waals surface area contributed by atoms with Crippen LogP contribution in [0.4, 0.5) is 0 Å². The van der Waals surface area contributed by atoms with Gasteiger partial charge >= 0.3 is 11.9 Å². The van der Waals surface area contributed by atoms with Gasteiger partial charge in [-0.25, -0.2) is 4.79 Å². The van der Waals surface area contributed by atoms with Gasteiger partial charge in [0.05, 0.1) is 43.2 Å². The highest BCUT2D eigenvalue weighted by Crippen LogP contribution is 2.70. The second kappa shape index (κ2) is 22.2. The third-order valence-electron chi connectivity index (χ3n) is 19.0. The van der Waals surface area contributed by atoms with Gasteiger partial charge < -0.3 is 103 Å². The molecule has 0 radical (unpaired) electrons. The molecule has 0 amide bonds. The van der Waals surface area contributed by atoms with E-state index in [1.165, 1.54) is 20.1 Å². The first-order valence-corrected chi connectivity index (χ1v) is 26.5. The summed E-state index contributed by atoms with van der Waals surface area (Å²) < 4.78 is 71.7. The molecule has 4 aliphatic carbocycles. The van der Waals surface area contributed by atoms with Crippen molar-refractivity contribution >= 4 is 11.9 Å². The van der Waals surface area contributed by atoms with E-state index in [-0.39, 0.29) is 35.9 Å². The average Bonchev–Trinajstić information content (AvgIpc) is 3.88. The van der Waals surface area contributed by atoms with Gasteiger partial charge in [0, 0.05) is 51.4 Å². The SMILES string of the molecule is CO[C@@H]1[C@@H](O)[C@H](O[C@H]2[C@@H](OC)C[C@H](O[C@H]3CC[C@]4(C)C5CC[C@]6(C)[C@@H](C7=CC(=O)OC7)C(OC(C)=O)C[C@@]6(O)C5CC[C@H]4C3)O[C@@H]2C)O[C@H](C)[C@H]1O[C@@H]1O[C@H](CO[C@@H]2O[C@H](CO)[C@@H](O)[C@H](O)[C@H]2O)[C@@H](O)[C@H](O)[C@H]1O. The number of hydrogen-bond donors (Lipinski definition) is 9. The molecule has 3 unspecified atom stereocenters. The topological polar surface area (TPSA) is 327 Å². The van der Waals surface area contributed by atoms with Crippen LogP contribution in [0.5, 0.6) is 0 Å². The molecule has 4 saturated heterocycles. The Morgan fingerprint density at radius 2 is 1.36 bits per heavy atom. The fraction of sp³-hybridized carbons (Fsp3) is 0.922. The van der Waals surface area contributed by atoms with Crippen LogP contribution in [0.2, 0.25) is 0 Å². The van der Waals surface area contributed by atoms with Crippen molar-refractivity contribution in [2.24, 2.45) is 34.5 Å². The predicted octanol–water partition coefficient (Wildman–Crippen LogP) is -1.16. The number of methoxy groups -OCH3 is 2. The Morgan fingerprint density at radius 3 is 2.03 bits per heavy atom. The normalized spacial score (nSPS) is 52.6. The molecular weight excluding hydrogens is 981 g/mol. The number of ether oxygens (including phenoxy) is 12. The molecule has 0 bridgehead atoms. The third kappa shape index (κ3) is 10.1. The Kier molecular flexibility index (Phi) is 17.0. The van der Waals surface area contributed by atoms with Crippen LogP contribution in [0.25, 0.3) is 0 Å². The highest BCUT2D eigenvalue weighted by atomic mass is 16.8. The lowest BCUT2D eigenvalue weighted by Crippen LogP contribution is -2.65. The fourth-order valence-corrected chi connectivity index (χ4v) is 15.0. The summed E-state index contributed by atoms with van der Waals surface area (Å²) in [5.74, 6) is -0.545. The van der Waals surface area contributed by atoms with E-state index >= 15 is 0 Å². The summed E-state index contributed by atoms with van der Waals surface area (Å²) in [5.41, 5.74) is -0.962. The van der Waals surface area contributed by atoms with Gasteiger partial charge in [-0.3, -0.25) is 4.79 Å². The lowest BCUT2D eigenvalue weighted by molar-refractivity contribution is -0.374. The van der Waals surface area contributed by atoms with E-state index in [0.717, 1.165) is 50.5 Å². The van der Waals surface area contributed by atoms with Crippen LogP contribution in [0.15, 0.2) is 11.6 Å². The average molecular weight is 1060 g/mol. The van der Waals surface area contributed by atoms with Crippen molar-refractivity contribution in [2.45, 2.75) is 227 Å². The van der Waals surface area contributed by atoms with Crippen LogP contribution < -0.4 is 0 Å². The van der Waals surface area contributed by atoms with Crippen LogP contribution in [-0.4, -0.2) is 226 Å². The predicted molar refractivity (Wildman–Crippen MR) is 249 cm³/mol. The van der Waals surface area contributed by atoms with Gasteiger partial charge in [-0.2, -0.15) is 0 Å². The maximum Gasteiger partial charge on any atom is 0.331 e. The summed E-state index contributed by atoms with van der Waals surface area (Å²) in [5, 5.41) is 97.4. The number of fused-ring (bicyclic) bond motifs is 5. The molecule has 5 aliphatic heterocycles. The summed E-state index contributed by atoms with van der Waals surface area (Å²) >= 11 is 0. The molecule has 422 valence electrons. The maximum absolute atomic E-state index is 13.0. The fourth-order valence-electron chi connectivity index (χ4n) is 15.0. The minimum atomic E-state index is -1.81. The number of cyclic esters (lactones) is 1. The maximum atomic E-state index is 13.0. The Bertz CT molecular complexity index is 2000. The van der Waals surface area contributed by atoms with Gasteiger partial charge in [-0.05, 0) is 87.5 Å². The lowest BCUT2D eigenvalue weighted by atomic mass is 9.43. The quantitative estimate of drug-likeness (QED) is 0.0732. The number of aliphatic hydroxyl groups excluding tert-OH is 8. The zero-order valence-corrected chi connectivity index (χ0v) is 43.2. The molecule has 0 aromatic rings. The Hall–Kier alpha value is -2.08. The molecule has 5 heterocycles. The highest BCUT2D eigenvalue weighted by molar-refractivity contribution is 5.85. The van der Waals surface area contributed by atoms with Gasteiger partial charge in [0.25, 0.3) is 0 Å². The monoisotopic (exact) mass is 1060 g/mol. The van der Waals surface area contributed by atoms with Crippen molar-refractivity contribution in [1.29, 1.82) is 0 Å². The molecule has 9 N–H and O–H groups in total. The molecule has 4 saturated carbocycles. The first kappa shape index (κ1) is 56.6. The summed E-state index contributed by atoms with van der Waals surface area (Å²) in [4.78, 5) is 24.6. The summed E-state index contributed by atoms with van der Waals surface area (Å²) in [6, 6.07) is 0. The molecule has 9 rings (SSSR count). The smallest absolute Gasteiger partial charge is 0.331 e. The van der Waals surface area contributed by atoms with Gasteiger partial charge in [-0.1, -0.05) is 13.8 Å². The number of carbonyl (C=O) groups is 2. The second-order valence-corrected chi connectivity index (χ2v) is 23.0. The van der Waals surface area contributed by atoms with E-state index in [1.807, 2.05) is 6.92 Å². The number of rotatable bonds is 14. The third-order valence-corrected chi connectivity index (χ3v) is 19.0. The van der Waals surface area contributed by atoms with Gasteiger partial charge in [-0.15, -0.1) is 0 Å². The van der Waals surface area contributed by atoms with Crippen molar-refractivity contribution in [3.8, 4) is 0 Å². The molecule has 23 nitrogen and oxygen atoms in total. The number of carbonyl (C=O) groups excluding carboxylic acids is 2. The molecule has 0 aromatic carbocycles. The highest BCUT2D eigenvalue weighted by Gasteiger charge is 2.71. The molecule has 9 aliphatic rings. The van der Waals surface area contributed by atoms with E-state index in [4.69, 9.17) is 56.8 Å². The Labute approximate surface area is 430 Å². The van der Waals surface area contributed by atoms with E-state index in [1.54, 1.807) is 14.0 Å². The molecule has 0 aromatic heterocycles. The molecule has 74 heavy (non-hydrogen) atoms. The van der Waals surface area contributed by atoms with Crippen LogP contribution in [0.3, 0.4) is 0 Å². The van der Waals surface area contributed by atoms with Crippen molar-refractivity contribution in [3.63, 3.8) is 0 Å². The second-order valence-electron chi connectivity index (χ2n) is 23.0. The summed E-state index contributed by atoms with van der Waals surface area (Å²) in [6.07, 6.45) is -17.2. The molecular formula is C51H80O23. The van der Waals surface area contributed by atoms with Crippen LogP contribution in [0, 0.1) is 34.5 Å². The van der Waals surface area contributed by atoms with E-state index in [2.05, 4.69) is 13.8 Å². The van der Waals surface area contributed by atoms with Gasteiger partial charge in [0.15, 0.2) is 25.2 Å². The van der Waals surface area contributed by atoms with Gasteiger partial charge in [0.1, 0.15) is 86.0 Å². The standard InChI is InChI=1S/C51H80O23/c1-21-43(73-48-42(61)45(64-7)44(22(2)68-48)74-47-41(60)39(58)37(56)32(72-47)20-66-46-40(59)38(57)36(55)31(18-52)71-46)29(63-6)16-34(67-21)70-26-10-12-49(4)25(15-26)8-9-28-27(49)11-13-50(5)35(24-14-33(54)65-19-24)30(69-23(3)53)17-51(28,50)62/h14,21-22,25-32,34-48,52,55-62H,8-13,15-20H2,1-7H3/t21-,22-,25+,26+,27?,28?,29+,30?,31-,32-,34+,35+,36-,37-,38+,39+,40-,41-,42-,43-,44-,45-,46-,47+,48+,49+,50-,51-/m1/s1. The first-order chi connectivity index (χ1) is 35.1. The zero-order chi connectivity index (χ0) is 53.3. The molecule has 28 atom stereocenters. The Balaban J connectivity index is 0.787. The first-order valence-electron chi connectivity index (χ1n) is 26.5. The minimum absolute atomic E-state index is 0.00449. The van der Waals surface area contributed by atoms with Crippen molar-refractivity contribution in [2.75, 3.05) is 34.0 Å². The molecule has 8 fully saturated rings. The number of aliphatic hydroxyl groups is 9. The van der Waals surface area contributed by atoms with Crippen molar-refractivity contribution < 1.29 is 112 Å². The number of hydrogen-bond acceptors (Lipinski definition) is 23. The van der Waals surface area contributed by atoms with Crippen LogP contribution in [0.1, 0.15) is 92.4 Å². The van der Waals surface area contributed by atoms with E-state index in [0.29, 0.717) is 18.8 Å². The van der Waals surface area contributed by atoms with Crippen LogP contribution in [-0.2, 0) is 66.4 Å². The number of esters is 2. The van der Waals surface area contributed by atoms with E-state index in [9.17, 15) is 55.5 Å².